The summed E-state index contributed by atoms with van der Waals surface area (Å²) >= 11 is 3.25. The molecule has 4 rings (SSSR count). The second-order valence-corrected chi connectivity index (χ2v) is 8.97. The van der Waals surface area contributed by atoms with Crippen molar-refractivity contribution >= 4 is 45.2 Å². The van der Waals surface area contributed by atoms with Crippen LogP contribution in [0.3, 0.4) is 0 Å². The zero-order chi connectivity index (χ0) is 18.8. The Morgan fingerprint density at radius 2 is 2.07 bits per heavy atom. The van der Waals surface area contributed by atoms with E-state index >= 15 is 0 Å². The summed E-state index contributed by atoms with van der Waals surface area (Å²) in [6.07, 6.45) is 6.94. The summed E-state index contributed by atoms with van der Waals surface area (Å²) in [4.78, 5) is 35.7. The Morgan fingerprint density at radius 3 is 2.85 bits per heavy atom. The van der Waals surface area contributed by atoms with Gasteiger partial charge in [-0.15, -0.1) is 11.3 Å². The van der Waals surface area contributed by atoms with E-state index in [-0.39, 0.29) is 18.2 Å². The zero-order valence-corrected chi connectivity index (χ0v) is 17.0. The van der Waals surface area contributed by atoms with Gasteiger partial charge in [-0.1, -0.05) is 11.8 Å². The smallest absolute Gasteiger partial charge is 0.325 e. The number of hydrogen-bond donors (Lipinski definition) is 1. The number of aromatic nitrogens is 2. The molecule has 1 saturated carbocycles. The van der Waals surface area contributed by atoms with Crippen molar-refractivity contribution in [2.75, 3.05) is 18.9 Å². The normalized spacial score (nSPS) is 16.2. The Kier molecular flexibility index (Phi) is 5.63. The molecule has 6 nitrogen and oxygen atoms in total. The molecule has 0 radical (unpaired) electrons. The highest BCUT2D eigenvalue weighted by molar-refractivity contribution is 8.00. The van der Waals surface area contributed by atoms with E-state index in [1.54, 1.807) is 18.3 Å². The van der Waals surface area contributed by atoms with Crippen molar-refractivity contribution in [3.05, 3.63) is 16.3 Å². The fraction of sp³-hybridized carbons (Fsp3) is 0.579. The number of carbonyl (C=O) groups is 2. The number of nitrogens with one attached hydrogen (secondary N) is 1. The number of aryl methyl sites for hydroxylation is 2. The molecule has 8 heteroatoms. The highest BCUT2D eigenvalue weighted by Crippen LogP contribution is 2.43. The molecule has 1 amide bonds. The van der Waals surface area contributed by atoms with Gasteiger partial charge in [-0.3, -0.25) is 9.59 Å². The van der Waals surface area contributed by atoms with Crippen LogP contribution in [0.1, 0.15) is 54.8 Å². The lowest BCUT2D eigenvalue weighted by atomic mass is 9.97. The summed E-state index contributed by atoms with van der Waals surface area (Å²) in [6, 6.07) is 0. The fourth-order valence-corrected chi connectivity index (χ4v) is 5.56. The fourth-order valence-electron chi connectivity index (χ4n) is 3.34. The van der Waals surface area contributed by atoms with Crippen molar-refractivity contribution in [1.29, 1.82) is 0 Å². The molecule has 0 spiro atoms. The van der Waals surface area contributed by atoms with Crippen molar-refractivity contribution in [3.8, 4) is 0 Å². The monoisotopic (exact) mass is 405 g/mol. The number of fused-ring (bicyclic) bond motifs is 3. The maximum atomic E-state index is 12.1. The third-order valence-electron chi connectivity index (χ3n) is 4.82. The van der Waals surface area contributed by atoms with Crippen molar-refractivity contribution in [2.45, 2.75) is 56.4 Å². The second kappa shape index (κ2) is 8.14. The third-order valence-corrected chi connectivity index (χ3v) is 6.98. The van der Waals surface area contributed by atoms with Crippen LogP contribution >= 0.6 is 23.1 Å². The molecule has 2 aliphatic rings. The lowest BCUT2D eigenvalue weighted by molar-refractivity contribution is -0.143. The molecule has 0 aromatic carbocycles. The van der Waals surface area contributed by atoms with Gasteiger partial charge in [0.1, 0.15) is 22.2 Å². The number of ether oxygens (including phenoxy) is 1. The van der Waals surface area contributed by atoms with Crippen LogP contribution in [0.15, 0.2) is 5.03 Å². The molecule has 0 bridgehead atoms. The zero-order valence-electron chi connectivity index (χ0n) is 15.4. The first-order valence-electron chi connectivity index (χ1n) is 9.53. The van der Waals surface area contributed by atoms with Gasteiger partial charge in [-0.2, -0.15) is 0 Å². The van der Waals surface area contributed by atoms with E-state index in [1.165, 1.54) is 35.0 Å². The molecule has 0 unspecified atom stereocenters. The molecule has 0 aliphatic heterocycles. The molecule has 1 N–H and O–H groups in total. The number of nitrogens with zero attached hydrogens (tertiary/aromatic N) is 2. The van der Waals surface area contributed by atoms with Crippen LogP contribution in [0, 0.1) is 0 Å². The van der Waals surface area contributed by atoms with Crippen LogP contribution in [0.25, 0.3) is 10.2 Å². The quantitative estimate of drug-likeness (QED) is 0.433. The Morgan fingerprint density at radius 1 is 1.26 bits per heavy atom. The molecule has 0 atom stereocenters. The number of thiophene rings is 1. The van der Waals surface area contributed by atoms with Crippen LogP contribution in [-0.2, 0) is 27.2 Å². The topological polar surface area (TPSA) is 81.2 Å². The Hall–Kier alpha value is -1.67. The van der Waals surface area contributed by atoms with Crippen molar-refractivity contribution in [2.24, 2.45) is 0 Å². The van der Waals surface area contributed by atoms with Crippen molar-refractivity contribution < 1.29 is 14.3 Å². The summed E-state index contributed by atoms with van der Waals surface area (Å²) < 4.78 is 4.83. The summed E-state index contributed by atoms with van der Waals surface area (Å²) in [6.45, 7) is 1.97. The van der Waals surface area contributed by atoms with Gasteiger partial charge in [-0.25, -0.2) is 9.97 Å². The predicted molar refractivity (Wildman–Crippen MR) is 106 cm³/mol. The SMILES string of the molecule is CCOC(=O)CNC(=O)CSc1nc(C2CC2)nc2sc3c(c12)CCCC3. The number of thioether (sulfide) groups is 1. The summed E-state index contributed by atoms with van der Waals surface area (Å²) in [5.74, 6) is 1.04. The number of carbonyl (C=O) groups excluding carboxylic acids is 2. The molecule has 0 saturated heterocycles. The first-order valence-corrected chi connectivity index (χ1v) is 11.3. The van der Waals surface area contributed by atoms with E-state index in [2.05, 4.69) is 5.32 Å². The van der Waals surface area contributed by atoms with Gasteiger partial charge in [0.2, 0.25) is 5.91 Å². The summed E-state index contributed by atoms with van der Waals surface area (Å²) in [5, 5.41) is 4.69. The standard InChI is InChI=1S/C19H23N3O3S2/c1-2-25-15(24)9-20-14(23)10-26-18-16-12-5-3-4-6-13(12)27-19(16)22-17(21-18)11-7-8-11/h11H,2-10H2,1H3,(H,20,23). The van der Waals surface area contributed by atoms with Crippen LogP contribution < -0.4 is 5.32 Å². The van der Waals surface area contributed by atoms with Gasteiger partial charge in [0.25, 0.3) is 0 Å². The summed E-state index contributed by atoms with van der Waals surface area (Å²) in [7, 11) is 0. The second-order valence-electron chi connectivity index (χ2n) is 6.92. The average molecular weight is 406 g/mol. The third kappa shape index (κ3) is 4.27. The van der Waals surface area contributed by atoms with Gasteiger partial charge in [0, 0.05) is 16.2 Å². The van der Waals surface area contributed by atoms with Gasteiger partial charge in [0.15, 0.2) is 0 Å². The van der Waals surface area contributed by atoms with Gasteiger partial charge in [-0.05, 0) is 51.0 Å². The predicted octanol–water partition coefficient (Wildman–Crippen LogP) is 3.22. The number of rotatable bonds is 7. The molecule has 2 heterocycles. The highest BCUT2D eigenvalue weighted by Gasteiger charge is 2.29. The minimum absolute atomic E-state index is 0.0897. The van der Waals surface area contributed by atoms with E-state index in [1.807, 2.05) is 0 Å². The van der Waals surface area contributed by atoms with Gasteiger partial charge < -0.3 is 10.1 Å². The first-order chi connectivity index (χ1) is 13.2. The molecule has 2 aromatic heterocycles. The molecule has 2 aliphatic carbocycles. The van der Waals surface area contributed by atoms with Crippen LogP contribution in [0.4, 0.5) is 0 Å². The van der Waals surface area contributed by atoms with E-state index in [4.69, 9.17) is 14.7 Å². The minimum Gasteiger partial charge on any atom is -0.465 e. The van der Waals surface area contributed by atoms with E-state index in [9.17, 15) is 9.59 Å². The first kappa shape index (κ1) is 18.7. The maximum absolute atomic E-state index is 12.1. The largest absolute Gasteiger partial charge is 0.465 e. The highest BCUT2D eigenvalue weighted by atomic mass is 32.2. The van der Waals surface area contributed by atoms with Crippen molar-refractivity contribution in [1.82, 2.24) is 15.3 Å². The van der Waals surface area contributed by atoms with E-state index in [0.29, 0.717) is 12.5 Å². The molecule has 2 aromatic rings. The van der Waals surface area contributed by atoms with Crippen LogP contribution in [-0.4, -0.2) is 40.7 Å². The maximum Gasteiger partial charge on any atom is 0.325 e. The Labute approximate surface area is 166 Å². The molecular formula is C19H23N3O3S2. The number of hydrogen-bond acceptors (Lipinski definition) is 7. The van der Waals surface area contributed by atoms with E-state index in [0.717, 1.165) is 46.8 Å². The van der Waals surface area contributed by atoms with Gasteiger partial charge in [0.05, 0.1) is 12.4 Å². The molecule has 1 fully saturated rings. The summed E-state index contributed by atoms with van der Waals surface area (Å²) in [5.41, 5.74) is 1.39. The minimum atomic E-state index is -0.414. The lowest BCUT2D eigenvalue weighted by Crippen LogP contribution is -2.31. The Balaban J connectivity index is 1.52. The molecule has 27 heavy (non-hydrogen) atoms. The molecule has 144 valence electrons. The van der Waals surface area contributed by atoms with Crippen LogP contribution in [0.5, 0.6) is 0 Å². The lowest BCUT2D eigenvalue weighted by Gasteiger charge is -2.12. The number of amides is 1. The number of esters is 1. The van der Waals surface area contributed by atoms with Crippen LogP contribution in [0.2, 0.25) is 0 Å². The van der Waals surface area contributed by atoms with Gasteiger partial charge >= 0.3 is 5.97 Å². The Bertz CT molecular complexity index is 877. The van der Waals surface area contributed by atoms with E-state index < -0.39 is 5.97 Å². The average Bonchev–Trinajstić information content (AvgIpc) is 3.45. The van der Waals surface area contributed by atoms with Crippen molar-refractivity contribution in [3.63, 3.8) is 0 Å². The molecular weight excluding hydrogens is 382 g/mol.